The van der Waals surface area contributed by atoms with Gasteiger partial charge in [0.05, 0.1) is 13.2 Å². The fourth-order valence-corrected chi connectivity index (χ4v) is 12.1. The van der Waals surface area contributed by atoms with Crippen LogP contribution in [0.5, 0.6) is 0 Å². The van der Waals surface area contributed by atoms with Crippen molar-refractivity contribution in [3.8, 4) is 0 Å². The third-order valence-corrected chi connectivity index (χ3v) is 17.8. The molecule has 2 unspecified atom stereocenters. The summed E-state index contributed by atoms with van der Waals surface area (Å²) in [7, 11) is -4.39. The lowest BCUT2D eigenvalue weighted by atomic mass is 10.0. The molecule has 0 aliphatic carbocycles. The zero-order valence-corrected chi connectivity index (χ0v) is 56.4. The third kappa shape index (κ3) is 69.5. The van der Waals surface area contributed by atoms with Crippen LogP contribution in [0.4, 0.5) is 0 Å². The van der Waals surface area contributed by atoms with Gasteiger partial charge in [-0.3, -0.25) is 18.6 Å². The van der Waals surface area contributed by atoms with Gasteiger partial charge in [-0.25, -0.2) is 4.57 Å². The number of esters is 2. The topological polar surface area (TPSA) is 134 Å². The zero-order chi connectivity index (χ0) is 60.1. The van der Waals surface area contributed by atoms with Crippen molar-refractivity contribution in [3.05, 3.63) is 24.3 Å². The summed E-state index contributed by atoms with van der Waals surface area (Å²) in [6.45, 7) is 3.82. The molecule has 0 bridgehead atoms. The molecule has 10 heteroatoms. The molecular formula is C73H142NO8P. The summed E-state index contributed by atoms with van der Waals surface area (Å²) < 4.78 is 33.2. The first-order chi connectivity index (χ1) is 40.8. The Balaban J connectivity index is 3.78. The average molecular weight is 1190 g/mol. The highest BCUT2D eigenvalue weighted by molar-refractivity contribution is 7.47. The van der Waals surface area contributed by atoms with Crippen LogP contribution in [0.3, 0.4) is 0 Å². The lowest BCUT2D eigenvalue weighted by Gasteiger charge is -2.19. The Bertz CT molecular complexity index is 1410. The van der Waals surface area contributed by atoms with Gasteiger partial charge in [-0.15, -0.1) is 0 Å². The summed E-state index contributed by atoms with van der Waals surface area (Å²) in [5, 5.41) is 0. The van der Waals surface area contributed by atoms with Crippen molar-refractivity contribution in [3.63, 3.8) is 0 Å². The fraction of sp³-hybridized carbons (Fsp3) is 0.918. The summed E-state index contributed by atoms with van der Waals surface area (Å²) in [4.78, 5) is 35.4. The van der Waals surface area contributed by atoms with Gasteiger partial charge in [0.15, 0.2) is 6.10 Å². The predicted octanol–water partition coefficient (Wildman–Crippen LogP) is 24.1. The van der Waals surface area contributed by atoms with E-state index in [4.69, 9.17) is 24.3 Å². The number of unbranched alkanes of at least 4 members (excludes halogenated alkanes) is 54. The van der Waals surface area contributed by atoms with Gasteiger partial charge >= 0.3 is 19.8 Å². The highest BCUT2D eigenvalue weighted by atomic mass is 31.2. The van der Waals surface area contributed by atoms with E-state index in [0.29, 0.717) is 6.42 Å². The molecule has 0 heterocycles. The molecule has 0 fully saturated rings. The Morgan fingerprint density at radius 1 is 0.361 bits per heavy atom. The van der Waals surface area contributed by atoms with E-state index in [9.17, 15) is 19.0 Å². The SMILES string of the molecule is CCCCCCC/C=C\C/C=C\CCCCCCCCCCCCCCCCCCCCCCCCCC(=O)OC(COC(=O)CCCCCCCCCCCCCCCCCCCCCCCCCCCCC)COP(=O)(O)OCCN. The molecule has 0 radical (unpaired) electrons. The molecular weight excluding hydrogens is 1050 g/mol. The first-order valence-corrected chi connectivity index (χ1v) is 38.3. The minimum atomic E-state index is -4.39. The minimum absolute atomic E-state index is 0.0574. The van der Waals surface area contributed by atoms with Crippen molar-refractivity contribution < 1.29 is 37.6 Å². The van der Waals surface area contributed by atoms with Crippen LogP contribution in [0.2, 0.25) is 0 Å². The van der Waals surface area contributed by atoms with Crippen LogP contribution in [-0.2, 0) is 32.7 Å². The molecule has 0 rings (SSSR count). The molecule has 0 amide bonds. The fourth-order valence-electron chi connectivity index (χ4n) is 11.4. The van der Waals surface area contributed by atoms with Crippen LogP contribution in [0.25, 0.3) is 0 Å². The van der Waals surface area contributed by atoms with Crippen molar-refractivity contribution in [2.75, 3.05) is 26.4 Å². The van der Waals surface area contributed by atoms with Crippen LogP contribution in [0, 0.1) is 0 Å². The smallest absolute Gasteiger partial charge is 0.462 e. The van der Waals surface area contributed by atoms with Crippen molar-refractivity contribution in [2.24, 2.45) is 5.73 Å². The van der Waals surface area contributed by atoms with Crippen molar-refractivity contribution in [2.45, 2.75) is 405 Å². The van der Waals surface area contributed by atoms with E-state index in [-0.39, 0.29) is 38.6 Å². The molecule has 0 aromatic heterocycles. The van der Waals surface area contributed by atoms with E-state index < -0.39 is 26.5 Å². The van der Waals surface area contributed by atoms with E-state index in [0.717, 1.165) is 38.5 Å². The number of allylic oxidation sites excluding steroid dienone is 4. The third-order valence-electron chi connectivity index (χ3n) is 16.8. The summed E-state index contributed by atoms with van der Waals surface area (Å²) in [5.41, 5.74) is 5.41. The number of ether oxygens (including phenoxy) is 2. The maximum atomic E-state index is 12.8. The number of hydrogen-bond acceptors (Lipinski definition) is 8. The Labute approximate surface area is 516 Å². The van der Waals surface area contributed by atoms with Gasteiger partial charge < -0.3 is 20.1 Å². The number of hydrogen-bond donors (Lipinski definition) is 2. The van der Waals surface area contributed by atoms with Crippen LogP contribution < -0.4 is 5.73 Å². The van der Waals surface area contributed by atoms with E-state index >= 15 is 0 Å². The second kappa shape index (κ2) is 69.6. The number of phosphoric ester groups is 1. The lowest BCUT2D eigenvalue weighted by Crippen LogP contribution is -2.29. The largest absolute Gasteiger partial charge is 0.472 e. The van der Waals surface area contributed by atoms with Crippen molar-refractivity contribution in [1.82, 2.24) is 0 Å². The van der Waals surface area contributed by atoms with Crippen LogP contribution in [0.1, 0.15) is 399 Å². The highest BCUT2D eigenvalue weighted by Crippen LogP contribution is 2.43. The van der Waals surface area contributed by atoms with E-state index in [1.54, 1.807) is 0 Å². The summed E-state index contributed by atoms with van der Waals surface area (Å²) in [6, 6.07) is 0. The van der Waals surface area contributed by atoms with Crippen molar-refractivity contribution >= 4 is 19.8 Å². The van der Waals surface area contributed by atoms with Crippen LogP contribution in [0.15, 0.2) is 24.3 Å². The lowest BCUT2D eigenvalue weighted by molar-refractivity contribution is -0.161. The van der Waals surface area contributed by atoms with Gasteiger partial charge in [-0.2, -0.15) is 0 Å². The van der Waals surface area contributed by atoms with Crippen LogP contribution >= 0.6 is 7.82 Å². The molecule has 0 aliphatic rings. The maximum absolute atomic E-state index is 12.8. The summed E-state index contributed by atoms with van der Waals surface area (Å²) in [5.74, 6) is -0.800. The summed E-state index contributed by atoms with van der Waals surface area (Å²) >= 11 is 0. The van der Waals surface area contributed by atoms with Gasteiger partial charge in [0.2, 0.25) is 0 Å². The second-order valence-electron chi connectivity index (χ2n) is 25.2. The molecule has 9 nitrogen and oxygen atoms in total. The Morgan fingerprint density at radius 3 is 0.916 bits per heavy atom. The number of nitrogens with two attached hydrogens (primary N) is 1. The standard InChI is InChI=1S/C73H142NO8P/c1-3-5-7-9-11-13-15-17-19-21-23-25-27-29-31-32-33-34-35-36-37-38-40-42-44-46-48-50-52-54-56-58-60-62-64-66-73(76)82-71(70-81-83(77,78)80-68-67-74)69-79-72(75)65-63-61-59-57-55-53-51-49-47-45-43-41-39-30-28-26-24-22-20-18-16-14-12-10-8-6-4-2/h15,17,21,23,71H,3-14,16,18-20,22,24-70,74H2,1-2H3,(H,77,78)/b17-15-,23-21-. The number of carbonyl (C=O) groups excluding carboxylic acids is 2. The van der Waals surface area contributed by atoms with E-state index in [1.807, 2.05) is 0 Å². The number of phosphoric acid groups is 1. The van der Waals surface area contributed by atoms with Crippen LogP contribution in [-0.4, -0.2) is 49.3 Å². The molecule has 0 aliphatic heterocycles. The quantitative estimate of drug-likeness (QED) is 0.0264. The predicted molar refractivity (Wildman–Crippen MR) is 358 cm³/mol. The second-order valence-corrected chi connectivity index (χ2v) is 26.6. The molecule has 0 aromatic rings. The highest BCUT2D eigenvalue weighted by Gasteiger charge is 2.26. The molecule has 0 aromatic carbocycles. The molecule has 0 saturated carbocycles. The molecule has 0 spiro atoms. The van der Waals surface area contributed by atoms with E-state index in [2.05, 4.69) is 38.2 Å². The van der Waals surface area contributed by atoms with Gasteiger partial charge in [0.1, 0.15) is 6.61 Å². The van der Waals surface area contributed by atoms with Gasteiger partial charge in [0.25, 0.3) is 0 Å². The number of carbonyl (C=O) groups is 2. The summed E-state index contributed by atoms with van der Waals surface area (Å²) in [6.07, 6.45) is 85.8. The molecule has 492 valence electrons. The molecule has 0 saturated heterocycles. The molecule has 83 heavy (non-hydrogen) atoms. The Kier molecular flexibility index (Phi) is 68.3. The normalized spacial score (nSPS) is 13.0. The first-order valence-electron chi connectivity index (χ1n) is 36.8. The Hall–Kier alpha value is -1.51. The molecule has 3 N–H and O–H groups in total. The monoisotopic (exact) mass is 1190 g/mol. The minimum Gasteiger partial charge on any atom is -0.462 e. The van der Waals surface area contributed by atoms with Gasteiger partial charge in [-0.1, -0.05) is 366 Å². The average Bonchev–Trinajstić information content (AvgIpc) is 3.48. The zero-order valence-electron chi connectivity index (χ0n) is 55.5. The maximum Gasteiger partial charge on any atom is 0.472 e. The van der Waals surface area contributed by atoms with Gasteiger partial charge in [0, 0.05) is 19.4 Å². The van der Waals surface area contributed by atoms with Gasteiger partial charge in [-0.05, 0) is 44.9 Å². The van der Waals surface area contributed by atoms with Crippen molar-refractivity contribution in [1.29, 1.82) is 0 Å². The number of rotatable bonds is 71. The van der Waals surface area contributed by atoms with E-state index in [1.165, 1.54) is 327 Å². The molecule has 2 atom stereocenters. The first kappa shape index (κ1) is 81.5. The Morgan fingerprint density at radius 2 is 0.627 bits per heavy atom.